The lowest BCUT2D eigenvalue weighted by atomic mass is 9.91. The molecule has 11 nitrogen and oxygen atoms in total. The van der Waals surface area contributed by atoms with Gasteiger partial charge in [-0.15, -0.1) is 0 Å². The summed E-state index contributed by atoms with van der Waals surface area (Å²) in [5.74, 6) is -2.07. The first-order valence-corrected chi connectivity index (χ1v) is 11.7. The Morgan fingerprint density at radius 3 is 2.49 bits per heavy atom. The molecule has 0 aromatic carbocycles. The highest BCUT2D eigenvalue weighted by Crippen LogP contribution is 2.45. The van der Waals surface area contributed by atoms with Crippen molar-refractivity contribution in [2.24, 2.45) is 11.7 Å². The SMILES string of the molecule is Cc1nc(N2CC3CCOC3(CN)C2)c(Cl)c2c1c(=O)c(OC(=O)O)cn2C1CC1.O=C(O)C(F)(F)F. The van der Waals surface area contributed by atoms with Crippen LogP contribution in [0.15, 0.2) is 11.0 Å². The van der Waals surface area contributed by atoms with Gasteiger partial charge < -0.3 is 34.9 Å². The van der Waals surface area contributed by atoms with Gasteiger partial charge in [0, 0.05) is 31.7 Å². The molecule has 4 heterocycles. The molecular weight excluding hydrogens is 525 g/mol. The smallest absolute Gasteiger partial charge is 0.475 e. The third-order valence-corrected chi connectivity index (χ3v) is 7.11. The molecule has 0 spiro atoms. The average molecular weight is 549 g/mol. The molecule has 37 heavy (non-hydrogen) atoms. The van der Waals surface area contributed by atoms with Gasteiger partial charge in [-0.05, 0) is 26.2 Å². The molecule has 1 saturated carbocycles. The standard InChI is InChI=1S/C20H23ClN4O5.C2HF3O2/c1-10-14-16(25(12-2-3-12)7-13(17(14)26)30-19(27)28)15(21)18(23-10)24-6-11-4-5-29-20(11,8-22)9-24;3-2(4,5)1(6)7/h7,11-12H,2-6,8-9,22H2,1H3,(H,27,28);(H,6,7). The van der Waals surface area contributed by atoms with Gasteiger partial charge in [0.25, 0.3) is 0 Å². The third kappa shape index (κ3) is 5.05. The number of hydrogen-bond donors (Lipinski definition) is 3. The van der Waals surface area contributed by atoms with E-state index in [0.717, 1.165) is 25.8 Å². The number of anilines is 1. The highest BCUT2D eigenvalue weighted by atomic mass is 35.5. The van der Waals surface area contributed by atoms with Gasteiger partial charge in [0.2, 0.25) is 5.43 Å². The quantitative estimate of drug-likeness (QED) is 0.485. The maximum absolute atomic E-state index is 13.0. The molecule has 2 aromatic heterocycles. The third-order valence-electron chi connectivity index (χ3n) is 6.77. The molecule has 2 unspecified atom stereocenters. The van der Waals surface area contributed by atoms with Crippen LogP contribution in [0.3, 0.4) is 0 Å². The van der Waals surface area contributed by atoms with E-state index in [4.69, 9.17) is 41.8 Å². The number of hydrogen-bond acceptors (Lipinski definition) is 8. The number of ether oxygens (including phenoxy) is 2. The van der Waals surface area contributed by atoms with E-state index in [2.05, 4.69) is 9.88 Å². The number of halogens is 4. The van der Waals surface area contributed by atoms with Gasteiger partial charge in [-0.1, -0.05) is 11.6 Å². The van der Waals surface area contributed by atoms with Crippen molar-refractivity contribution in [2.45, 2.75) is 44.0 Å². The van der Waals surface area contributed by atoms with Crippen molar-refractivity contribution in [3.8, 4) is 5.75 Å². The van der Waals surface area contributed by atoms with E-state index in [-0.39, 0.29) is 17.4 Å². The van der Waals surface area contributed by atoms with E-state index in [1.54, 1.807) is 6.92 Å². The summed E-state index contributed by atoms with van der Waals surface area (Å²) in [5.41, 5.74) is 6.19. The van der Waals surface area contributed by atoms with Crippen LogP contribution in [-0.2, 0) is 9.53 Å². The Morgan fingerprint density at radius 1 is 1.32 bits per heavy atom. The molecular formula is C22H24ClF3N4O7. The van der Waals surface area contributed by atoms with Crippen LogP contribution in [0.2, 0.25) is 5.02 Å². The predicted octanol–water partition coefficient (Wildman–Crippen LogP) is 2.94. The fourth-order valence-corrected chi connectivity index (χ4v) is 5.23. The van der Waals surface area contributed by atoms with Crippen LogP contribution in [0.5, 0.6) is 5.75 Å². The minimum absolute atomic E-state index is 0.146. The predicted molar refractivity (Wildman–Crippen MR) is 124 cm³/mol. The lowest BCUT2D eigenvalue weighted by molar-refractivity contribution is -0.192. The summed E-state index contributed by atoms with van der Waals surface area (Å²) < 4.78 is 44.3. The molecule has 5 rings (SSSR count). The van der Waals surface area contributed by atoms with Crippen molar-refractivity contribution in [1.82, 2.24) is 9.55 Å². The van der Waals surface area contributed by atoms with E-state index < -0.39 is 23.7 Å². The topological polar surface area (TPSA) is 157 Å². The maximum atomic E-state index is 13.0. The summed E-state index contributed by atoms with van der Waals surface area (Å²) in [6, 6.07) is 0.146. The van der Waals surface area contributed by atoms with Crippen molar-refractivity contribution < 1.29 is 42.4 Å². The van der Waals surface area contributed by atoms with Crippen LogP contribution >= 0.6 is 11.6 Å². The first kappa shape index (κ1) is 26.9. The van der Waals surface area contributed by atoms with E-state index >= 15 is 0 Å². The Balaban J connectivity index is 0.000000405. The molecule has 3 aliphatic rings. The molecule has 2 saturated heterocycles. The molecule has 2 aliphatic heterocycles. The second-order valence-electron chi connectivity index (χ2n) is 9.17. The van der Waals surface area contributed by atoms with Crippen LogP contribution in [0.25, 0.3) is 10.9 Å². The van der Waals surface area contributed by atoms with Crippen molar-refractivity contribution in [3.05, 3.63) is 27.1 Å². The zero-order valence-electron chi connectivity index (χ0n) is 19.5. The van der Waals surface area contributed by atoms with Crippen LogP contribution in [0.1, 0.15) is 31.0 Å². The number of fused-ring (bicyclic) bond motifs is 2. The maximum Gasteiger partial charge on any atom is 0.511 e. The number of carbonyl (C=O) groups is 2. The number of carboxylic acids is 1. The van der Waals surface area contributed by atoms with Crippen molar-refractivity contribution in [1.29, 1.82) is 0 Å². The minimum Gasteiger partial charge on any atom is -0.475 e. The molecule has 202 valence electrons. The molecule has 4 N–H and O–H groups in total. The molecule has 2 aromatic rings. The van der Waals surface area contributed by atoms with Gasteiger partial charge in [0.05, 0.1) is 29.3 Å². The second-order valence-corrected chi connectivity index (χ2v) is 9.55. The van der Waals surface area contributed by atoms with Gasteiger partial charge in [-0.2, -0.15) is 13.2 Å². The van der Waals surface area contributed by atoms with E-state index in [1.807, 2.05) is 4.57 Å². The lowest BCUT2D eigenvalue weighted by Gasteiger charge is -2.27. The summed E-state index contributed by atoms with van der Waals surface area (Å²) in [6.45, 7) is 4.21. The summed E-state index contributed by atoms with van der Waals surface area (Å²) in [6.07, 6.45) is -2.37. The Bertz CT molecular complexity index is 1310. The summed E-state index contributed by atoms with van der Waals surface area (Å²) >= 11 is 6.85. The number of aryl methyl sites for hydroxylation is 1. The van der Waals surface area contributed by atoms with Gasteiger partial charge in [-0.25, -0.2) is 14.6 Å². The minimum atomic E-state index is -5.08. The Hall–Kier alpha value is -3.10. The van der Waals surface area contributed by atoms with Crippen molar-refractivity contribution in [3.63, 3.8) is 0 Å². The number of nitrogens with two attached hydrogens (primary N) is 1. The van der Waals surface area contributed by atoms with Crippen LogP contribution in [-0.4, -0.2) is 69.9 Å². The number of alkyl halides is 3. The number of rotatable bonds is 4. The zero-order chi connectivity index (χ0) is 27.3. The van der Waals surface area contributed by atoms with Crippen molar-refractivity contribution in [2.75, 3.05) is 31.1 Å². The molecule has 15 heteroatoms. The fraction of sp³-hybridized carbons (Fsp3) is 0.545. The molecule has 3 fully saturated rings. The molecule has 0 amide bonds. The fourth-order valence-electron chi connectivity index (χ4n) is 4.88. The number of aromatic nitrogens is 2. The monoisotopic (exact) mass is 548 g/mol. The number of nitrogens with zero attached hydrogens (tertiary/aromatic N) is 3. The summed E-state index contributed by atoms with van der Waals surface area (Å²) in [7, 11) is 0. The first-order chi connectivity index (χ1) is 17.3. The lowest BCUT2D eigenvalue weighted by Crippen LogP contribution is -2.44. The van der Waals surface area contributed by atoms with Gasteiger partial charge >= 0.3 is 18.3 Å². The van der Waals surface area contributed by atoms with Crippen LogP contribution in [0.4, 0.5) is 23.8 Å². The summed E-state index contributed by atoms with van der Waals surface area (Å²) in [5, 5.41) is 16.8. The second kappa shape index (κ2) is 9.65. The average Bonchev–Trinajstić information content (AvgIpc) is 3.47. The molecule has 2 atom stereocenters. The number of carboxylic acid groups (broad SMARTS) is 2. The normalized spacial score (nSPS) is 23.0. The molecule has 0 bridgehead atoms. The Kier molecular flexibility index (Phi) is 7.03. The first-order valence-electron chi connectivity index (χ1n) is 11.3. The van der Waals surface area contributed by atoms with Crippen molar-refractivity contribution >= 4 is 40.4 Å². The highest BCUT2D eigenvalue weighted by Gasteiger charge is 2.51. The highest BCUT2D eigenvalue weighted by molar-refractivity contribution is 6.37. The van der Waals surface area contributed by atoms with Crippen LogP contribution < -0.4 is 20.8 Å². The number of aliphatic carboxylic acids is 1. The van der Waals surface area contributed by atoms with Gasteiger partial charge in [-0.3, -0.25) is 4.79 Å². The summed E-state index contributed by atoms with van der Waals surface area (Å²) in [4.78, 5) is 39.7. The van der Waals surface area contributed by atoms with Gasteiger partial charge in [0.1, 0.15) is 16.4 Å². The number of pyridine rings is 2. The van der Waals surface area contributed by atoms with E-state index in [0.29, 0.717) is 53.1 Å². The van der Waals surface area contributed by atoms with E-state index in [1.165, 1.54) is 6.20 Å². The largest absolute Gasteiger partial charge is 0.511 e. The van der Waals surface area contributed by atoms with Crippen LogP contribution in [0, 0.1) is 12.8 Å². The van der Waals surface area contributed by atoms with E-state index in [9.17, 15) is 22.8 Å². The molecule has 1 aliphatic carbocycles. The Labute approximate surface area is 212 Å². The van der Waals surface area contributed by atoms with Gasteiger partial charge in [0.15, 0.2) is 5.75 Å². The zero-order valence-corrected chi connectivity index (χ0v) is 20.3. The molecule has 0 radical (unpaired) electrons. The Morgan fingerprint density at radius 2 is 1.97 bits per heavy atom.